The van der Waals surface area contributed by atoms with Gasteiger partial charge in [0.2, 0.25) is 0 Å². The molecule has 0 aliphatic carbocycles. The van der Waals surface area contributed by atoms with Crippen molar-refractivity contribution in [3.05, 3.63) is 66.2 Å². The molecule has 0 saturated heterocycles. The number of benzene rings is 1. The van der Waals surface area contributed by atoms with Crippen LogP contribution >= 0.6 is 0 Å². The zero-order valence-corrected chi connectivity index (χ0v) is 11.2. The Morgan fingerprint density at radius 2 is 2.00 bits per heavy atom. The molecule has 1 atom stereocenters. The van der Waals surface area contributed by atoms with Crippen LogP contribution in [0.1, 0.15) is 17.3 Å². The number of ether oxygens (including phenoxy) is 1. The minimum absolute atomic E-state index is 0.330. The van der Waals surface area contributed by atoms with Crippen molar-refractivity contribution in [3.63, 3.8) is 0 Å². The summed E-state index contributed by atoms with van der Waals surface area (Å²) in [5.74, 6) is 0.693. The van der Waals surface area contributed by atoms with Gasteiger partial charge in [0, 0.05) is 17.8 Å². The van der Waals surface area contributed by atoms with Crippen LogP contribution in [0.4, 0.5) is 0 Å². The average molecular weight is 265 g/mol. The molecule has 2 N–H and O–H groups in total. The van der Waals surface area contributed by atoms with Gasteiger partial charge in [0.15, 0.2) is 0 Å². The second-order valence-electron chi connectivity index (χ2n) is 4.55. The number of fused-ring (bicyclic) bond motifs is 1. The van der Waals surface area contributed by atoms with Gasteiger partial charge in [0.1, 0.15) is 5.75 Å². The Kier molecular flexibility index (Phi) is 3.31. The first-order valence-corrected chi connectivity index (χ1v) is 6.38. The van der Waals surface area contributed by atoms with E-state index in [1.807, 2.05) is 30.3 Å². The smallest absolute Gasteiger partial charge is 0.137 e. The average Bonchev–Trinajstić information content (AvgIpc) is 2.53. The van der Waals surface area contributed by atoms with Crippen molar-refractivity contribution < 1.29 is 4.74 Å². The first-order valence-electron chi connectivity index (χ1n) is 6.38. The highest BCUT2D eigenvalue weighted by molar-refractivity contribution is 5.85. The predicted octanol–water partition coefficient (Wildman–Crippen LogP) is 2.69. The summed E-state index contributed by atoms with van der Waals surface area (Å²) >= 11 is 0. The zero-order valence-electron chi connectivity index (χ0n) is 11.2. The number of pyridine rings is 2. The minimum atomic E-state index is -0.330. The Balaban J connectivity index is 2.10. The second kappa shape index (κ2) is 5.27. The molecule has 0 spiro atoms. The minimum Gasteiger partial charge on any atom is -0.495 e. The highest BCUT2D eigenvalue weighted by Gasteiger charge is 2.14. The van der Waals surface area contributed by atoms with E-state index in [1.165, 1.54) is 0 Å². The molecule has 0 aliphatic rings. The summed E-state index contributed by atoms with van der Waals surface area (Å²) in [4.78, 5) is 8.59. The molecular weight excluding hydrogens is 250 g/mol. The summed E-state index contributed by atoms with van der Waals surface area (Å²) in [7, 11) is 1.61. The lowest BCUT2D eigenvalue weighted by Gasteiger charge is -2.14. The quantitative estimate of drug-likeness (QED) is 0.791. The number of hydrogen-bond acceptors (Lipinski definition) is 4. The van der Waals surface area contributed by atoms with E-state index in [-0.39, 0.29) is 6.04 Å². The molecule has 4 nitrogen and oxygen atoms in total. The van der Waals surface area contributed by atoms with Gasteiger partial charge in [0.05, 0.1) is 25.0 Å². The molecule has 4 heteroatoms. The van der Waals surface area contributed by atoms with Crippen molar-refractivity contribution in [2.24, 2.45) is 5.73 Å². The van der Waals surface area contributed by atoms with Crippen molar-refractivity contribution >= 4 is 10.8 Å². The van der Waals surface area contributed by atoms with Crippen LogP contribution in [0.5, 0.6) is 5.75 Å². The summed E-state index contributed by atoms with van der Waals surface area (Å²) in [6, 6.07) is 11.6. The molecule has 0 aliphatic heterocycles. The monoisotopic (exact) mass is 265 g/mol. The molecule has 1 aromatic carbocycles. The topological polar surface area (TPSA) is 61.0 Å². The Labute approximate surface area is 117 Å². The van der Waals surface area contributed by atoms with Crippen LogP contribution in [0.2, 0.25) is 0 Å². The molecule has 1 unspecified atom stereocenters. The van der Waals surface area contributed by atoms with Crippen LogP contribution in [0.25, 0.3) is 10.8 Å². The standard InChI is InChI=1S/C16H15N3O/c1-20-13-8-12(9-18-10-13)15(17)16-14-5-3-2-4-11(14)6-7-19-16/h2-10,15H,17H2,1H3. The van der Waals surface area contributed by atoms with Crippen molar-refractivity contribution in [2.45, 2.75) is 6.04 Å². The molecular formula is C16H15N3O. The van der Waals surface area contributed by atoms with E-state index in [0.717, 1.165) is 22.0 Å². The zero-order chi connectivity index (χ0) is 13.9. The molecule has 20 heavy (non-hydrogen) atoms. The van der Waals surface area contributed by atoms with E-state index in [2.05, 4.69) is 16.0 Å². The number of aromatic nitrogens is 2. The van der Waals surface area contributed by atoms with Gasteiger partial charge in [-0.15, -0.1) is 0 Å². The van der Waals surface area contributed by atoms with Crippen molar-refractivity contribution in [1.29, 1.82) is 0 Å². The van der Waals surface area contributed by atoms with Crippen LogP contribution in [-0.2, 0) is 0 Å². The number of methoxy groups -OCH3 is 1. The Morgan fingerprint density at radius 1 is 1.15 bits per heavy atom. The van der Waals surface area contributed by atoms with Crippen LogP contribution in [0.15, 0.2) is 55.0 Å². The van der Waals surface area contributed by atoms with E-state index in [0.29, 0.717) is 5.75 Å². The van der Waals surface area contributed by atoms with Crippen LogP contribution in [0.3, 0.4) is 0 Å². The molecule has 100 valence electrons. The van der Waals surface area contributed by atoms with Gasteiger partial charge >= 0.3 is 0 Å². The van der Waals surface area contributed by atoms with Gasteiger partial charge in [-0.2, -0.15) is 0 Å². The predicted molar refractivity (Wildman–Crippen MR) is 78.6 cm³/mol. The summed E-state index contributed by atoms with van der Waals surface area (Å²) < 4.78 is 5.19. The molecule has 0 radical (unpaired) electrons. The van der Waals surface area contributed by atoms with Gasteiger partial charge in [-0.3, -0.25) is 9.97 Å². The third-order valence-corrected chi connectivity index (χ3v) is 3.33. The lowest BCUT2D eigenvalue weighted by atomic mass is 10.0. The normalized spacial score (nSPS) is 12.3. The third kappa shape index (κ3) is 2.21. The summed E-state index contributed by atoms with van der Waals surface area (Å²) in [6.07, 6.45) is 5.19. The first kappa shape index (κ1) is 12.6. The summed E-state index contributed by atoms with van der Waals surface area (Å²) in [6.45, 7) is 0. The third-order valence-electron chi connectivity index (χ3n) is 3.33. The van der Waals surface area contributed by atoms with Crippen molar-refractivity contribution in [3.8, 4) is 5.75 Å². The fourth-order valence-corrected chi connectivity index (χ4v) is 2.27. The van der Waals surface area contributed by atoms with E-state index in [4.69, 9.17) is 10.5 Å². The van der Waals surface area contributed by atoms with Crippen LogP contribution in [0, 0.1) is 0 Å². The fourth-order valence-electron chi connectivity index (χ4n) is 2.27. The maximum Gasteiger partial charge on any atom is 0.137 e. The van der Waals surface area contributed by atoms with Gasteiger partial charge in [-0.1, -0.05) is 24.3 Å². The Hall–Kier alpha value is -2.46. The van der Waals surface area contributed by atoms with Crippen LogP contribution in [-0.4, -0.2) is 17.1 Å². The molecule has 0 fully saturated rings. The lowest BCUT2D eigenvalue weighted by molar-refractivity contribution is 0.412. The van der Waals surface area contributed by atoms with Gasteiger partial charge in [0.25, 0.3) is 0 Å². The van der Waals surface area contributed by atoms with Gasteiger partial charge < -0.3 is 10.5 Å². The highest BCUT2D eigenvalue weighted by Crippen LogP contribution is 2.26. The number of hydrogen-bond donors (Lipinski definition) is 1. The number of rotatable bonds is 3. The SMILES string of the molecule is COc1cncc(C(N)c2nccc3ccccc23)c1. The molecule has 0 saturated carbocycles. The second-order valence-corrected chi connectivity index (χ2v) is 4.55. The van der Waals surface area contributed by atoms with Crippen LogP contribution < -0.4 is 10.5 Å². The lowest BCUT2D eigenvalue weighted by Crippen LogP contribution is -2.14. The highest BCUT2D eigenvalue weighted by atomic mass is 16.5. The summed E-state index contributed by atoms with van der Waals surface area (Å²) in [5.41, 5.74) is 8.08. The van der Waals surface area contributed by atoms with Gasteiger partial charge in [-0.05, 0) is 23.1 Å². The molecule has 2 heterocycles. The van der Waals surface area contributed by atoms with E-state index in [9.17, 15) is 0 Å². The molecule has 2 aromatic heterocycles. The van der Waals surface area contributed by atoms with Crippen molar-refractivity contribution in [1.82, 2.24) is 9.97 Å². The fraction of sp³-hybridized carbons (Fsp3) is 0.125. The van der Waals surface area contributed by atoms with Crippen molar-refractivity contribution in [2.75, 3.05) is 7.11 Å². The van der Waals surface area contributed by atoms with E-state index in [1.54, 1.807) is 25.7 Å². The number of nitrogens with zero attached hydrogens (tertiary/aromatic N) is 2. The van der Waals surface area contributed by atoms with E-state index < -0.39 is 0 Å². The Bertz CT molecular complexity index is 737. The maximum absolute atomic E-state index is 6.35. The van der Waals surface area contributed by atoms with E-state index >= 15 is 0 Å². The Morgan fingerprint density at radius 3 is 2.85 bits per heavy atom. The first-order chi connectivity index (χ1) is 9.79. The molecule has 3 aromatic rings. The summed E-state index contributed by atoms with van der Waals surface area (Å²) in [5, 5.41) is 2.19. The van der Waals surface area contributed by atoms with Gasteiger partial charge in [-0.25, -0.2) is 0 Å². The number of nitrogens with two attached hydrogens (primary N) is 1. The largest absolute Gasteiger partial charge is 0.495 e. The molecule has 0 bridgehead atoms. The molecule has 3 rings (SSSR count). The molecule has 0 amide bonds. The maximum atomic E-state index is 6.35.